The second kappa shape index (κ2) is 13.0. The maximum atomic E-state index is 11.8. The smallest absolute Gasteiger partial charge is 0.435 e. The van der Waals surface area contributed by atoms with Crippen molar-refractivity contribution in [3.63, 3.8) is 0 Å². The Morgan fingerprint density at radius 1 is 0.773 bits per heavy atom. The number of non-ortho nitro benzene ring substituents is 2. The van der Waals surface area contributed by atoms with Crippen molar-refractivity contribution in [1.82, 2.24) is 19.6 Å². The van der Waals surface area contributed by atoms with Crippen molar-refractivity contribution in [1.29, 1.82) is 0 Å². The Balaban J connectivity index is 0.000000240. The van der Waals surface area contributed by atoms with Crippen LogP contribution in [0.15, 0.2) is 67.1 Å². The molecular weight excluding hydrogens is 580 g/mol. The van der Waals surface area contributed by atoms with E-state index < -0.39 is 33.0 Å². The van der Waals surface area contributed by atoms with E-state index in [0.717, 1.165) is 9.36 Å². The van der Waals surface area contributed by atoms with Crippen LogP contribution in [-0.2, 0) is 10.2 Å². The zero-order chi connectivity index (χ0) is 32.8. The van der Waals surface area contributed by atoms with Gasteiger partial charge in [0.05, 0.1) is 28.4 Å². The Morgan fingerprint density at radius 2 is 1.27 bits per heavy atom. The Morgan fingerprint density at radius 3 is 1.70 bits per heavy atom. The van der Waals surface area contributed by atoms with E-state index >= 15 is 0 Å². The highest BCUT2D eigenvalue weighted by Gasteiger charge is 2.26. The van der Waals surface area contributed by atoms with Gasteiger partial charge in [-0.05, 0) is 45.0 Å². The third-order valence-electron chi connectivity index (χ3n) is 5.29. The molecule has 2 heterocycles. The van der Waals surface area contributed by atoms with E-state index in [9.17, 15) is 29.8 Å². The number of carboxylic acid groups (broad SMARTS) is 1. The minimum Gasteiger partial charge on any atom is -0.463 e. The summed E-state index contributed by atoms with van der Waals surface area (Å²) in [5.74, 6) is 1.37. The minimum atomic E-state index is -1.22. The van der Waals surface area contributed by atoms with Gasteiger partial charge in [-0.25, -0.2) is 9.59 Å². The molecular formula is C28H30N6O10. The number of hydrogen-bond donors (Lipinski definition) is 1. The van der Waals surface area contributed by atoms with Gasteiger partial charge in [0, 0.05) is 29.7 Å². The normalized spacial score (nSPS) is 11.1. The van der Waals surface area contributed by atoms with E-state index in [1.807, 2.05) is 20.8 Å². The van der Waals surface area contributed by atoms with Gasteiger partial charge in [0.1, 0.15) is 22.8 Å². The second-order valence-electron chi connectivity index (χ2n) is 11.1. The summed E-state index contributed by atoms with van der Waals surface area (Å²) in [6.45, 7) is 10.9. The van der Waals surface area contributed by atoms with Gasteiger partial charge >= 0.3 is 12.2 Å². The number of hydrogen-bond acceptors (Lipinski definition) is 11. The van der Waals surface area contributed by atoms with Gasteiger partial charge in [-0.15, -0.1) is 0 Å². The fourth-order valence-electron chi connectivity index (χ4n) is 3.35. The number of benzene rings is 2. The summed E-state index contributed by atoms with van der Waals surface area (Å²) >= 11 is 0. The van der Waals surface area contributed by atoms with Crippen molar-refractivity contribution >= 4 is 23.6 Å². The highest BCUT2D eigenvalue weighted by molar-refractivity contribution is 5.70. The van der Waals surface area contributed by atoms with Crippen LogP contribution in [0.4, 0.5) is 21.0 Å². The highest BCUT2D eigenvalue weighted by atomic mass is 16.6. The first kappa shape index (κ1) is 32.7. The number of rotatable bonds is 6. The molecule has 4 aromatic rings. The number of nitro groups is 2. The topological polar surface area (TPSA) is 204 Å². The Hall–Kier alpha value is -5.80. The largest absolute Gasteiger partial charge is 0.463 e. The number of carbonyl (C=O) groups is 2. The van der Waals surface area contributed by atoms with E-state index in [2.05, 4.69) is 10.2 Å². The molecule has 0 amide bonds. The first-order valence-corrected chi connectivity index (χ1v) is 12.9. The fourth-order valence-corrected chi connectivity index (χ4v) is 3.35. The minimum absolute atomic E-state index is 0.0307. The van der Waals surface area contributed by atoms with Crippen LogP contribution in [0.5, 0.6) is 23.0 Å². The van der Waals surface area contributed by atoms with Gasteiger partial charge in [-0.1, -0.05) is 20.8 Å². The SMILES string of the molecule is CC(C)(C)OC(=O)n1cc(Oc2ccc([N+](=O)[O-])cc2)cn1.CC(C)(C)c1nn(C(=O)O)cc1Oc1ccc([N+](=O)[O-])cc1. The molecule has 0 aliphatic rings. The molecule has 232 valence electrons. The lowest BCUT2D eigenvalue weighted by Crippen LogP contribution is -2.27. The average molecular weight is 611 g/mol. The molecule has 0 fully saturated rings. The molecule has 2 aromatic heterocycles. The molecule has 0 atom stereocenters. The summed E-state index contributed by atoms with van der Waals surface area (Å²) in [5.41, 5.74) is -0.645. The molecule has 44 heavy (non-hydrogen) atoms. The molecule has 0 saturated carbocycles. The third kappa shape index (κ3) is 9.10. The number of carbonyl (C=O) groups excluding carboxylic acids is 1. The Labute approximate surface area is 250 Å². The van der Waals surface area contributed by atoms with E-state index in [1.54, 1.807) is 20.8 Å². The van der Waals surface area contributed by atoms with E-state index in [1.165, 1.54) is 67.1 Å². The summed E-state index contributed by atoms with van der Waals surface area (Å²) < 4.78 is 18.1. The molecule has 0 saturated heterocycles. The van der Waals surface area contributed by atoms with Gasteiger partial charge in [0.15, 0.2) is 11.5 Å². The molecule has 0 aliphatic heterocycles. The van der Waals surface area contributed by atoms with Crippen molar-refractivity contribution in [2.45, 2.75) is 52.6 Å². The molecule has 0 unspecified atom stereocenters. The van der Waals surface area contributed by atoms with Crippen molar-refractivity contribution in [2.75, 3.05) is 0 Å². The second-order valence-corrected chi connectivity index (χ2v) is 11.1. The lowest BCUT2D eigenvalue weighted by molar-refractivity contribution is -0.385. The average Bonchev–Trinajstić information content (AvgIpc) is 3.56. The predicted octanol–water partition coefficient (Wildman–Crippen LogP) is 6.77. The molecule has 0 radical (unpaired) electrons. The number of ether oxygens (including phenoxy) is 3. The molecule has 1 N–H and O–H groups in total. The quantitative estimate of drug-likeness (QED) is 0.177. The van der Waals surface area contributed by atoms with Crippen LogP contribution < -0.4 is 9.47 Å². The number of nitrogens with zero attached hydrogens (tertiary/aromatic N) is 6. The number of aromatic nitrogens is 4. The maximum absolute atomic E-state index is 11.8. The van der Waals surface area contributed by atoms with E-state index in [4.69, 9.17) is 19.3 Å². The maximum Gasteiger partial charge on any atom is 0.435 e. The zero-order valence-electron chi connectivity index (χ0n) is 24.7. The van der Waals surface area contributed by atoms with Crippen molar-refractivity contribution < 1.29 is 38.8 Å². The van der Waals surface area contributed by atoms with Crippen LogP contribution in [0.25, 0.3) is 0 Å². The Kier molecular flexibility index (Phi) is 9.68. The first-order valence-electron chi connectivity index (χ1n) is 12.9. The monoisotopic (exact) mass is 610 g/mol. The van der Waals surface area contributed by atoms with Gasteiger partial charge in [0.2, 0.25) is 0 Å². The molecule has 4 rings (SSSR count). The van der Waals surface area contributed by atoms with Crippen LogP contribution >= 0.6 is 0 Å². The summed E-state index contributed by atoms with van der Waals surface area (Å²) in [6, 6.07) is 11.1. The van der Waals surface area contributed by atoms with Crippen LogP contribution in [0.1, 0.15) is 47.2 Å². The van der Waals surface area contributed by atoms with Crippen LogP contribution in [0.2, 0.25) is 0 Å². The first-order chi connectivity index (χ1) is 20.4. The number of nitro benzene ring substituents is 2. The third-order valence-corrected chi connectivity index (χ3v) is 5.29. The van der Waals surface area contributed by atoms with Crippen LogP contribution in [0.3, 0.4) is 0 Å². The molecule has 2 aromatic carbocycles. The van der Waals surface area contributed by atoms with Gasteiger partial charge < -0.3 is 19.3 Å². The molecule has 0 spiro atoms. The summed E-state index contributed by atoms with van der Waals surface area (Å²) in [5, 5.41) is 38.1. The van der Waals surface area contributed by atoms with Gasteiger partial charge in [0.25, 0.3) is 11.4 Å². The predicted molar refractivity (Wildman–Crippen MR) is 155 cm³/mol. The Bertz CT molecular complexity index is 1650. The standard InChI is InChI=1S/2C14H15N3O5/c1-14(2,3)22-13(18)16-9-12(8-15-16)21-11-6-4-10(5-7-11)17(19)20;1-14(2,3)12-11(8-16(15-12)13(18)19)22-10-6-4-9(5-7-10)17(20)21/h4-9H,1-3H3;4-8H,1-3H3,(H,18,19). The lowest BCUT2D eigenvalue weighted by Gasteiger charge is -2.18. The molecule has 0 aliphatic carbocycles. The van der Waals surface area contributed by atoms with E-state index in [0.29, 0.717) is 28.7 Å². The van der Waals surface area contributed by atoms with Crippen molar-refractivity contribution in [2.24, 2.45) is 0 Å². The lowest BCUT2D eigenvalue weighted by atomic mass is 9.92. The van der Waals surface area contributed by atoms with Crippen LogP contribution in [-0.4, -0.2) is 52.3 Å². The summed E-state index contributed by atoms with van der Waals surface area (Å²) in [4.78, 5) is 43.0. The van der Waals surface area contributed by atoms with Gasteiger partial charge in [-0.2, -0.15) is 19.6 Å². The summed E-state index contributed by atoms with van der Waals surface area (Å²) in [6.07, 6.45) is 2.15. The highest BCUT2D eigenvalue weighted by Crippen LogP contribution is 2.33. The summed E-state index contributed by atoms with van der Waals surface area (Å²) in [7, 11) is 0. The zero-order valence-corrected chi connectivity index (χ0v) is 24.7. The van der Waals surface area contributed by atoms with Crippen LogP contribution in [0, 0.1) is 20.2 Å². The van der Waals surface area contributed by atoms with E-state index in [-0.39, 0.29) is 11.4 Å². The van der Waals surface area contributed by atoms with Gasteiger partial charge in [-0.3, -0.25) is 20.2 Å². The molecule has 16 nitrogen and oxygen atoms in total. The molecule has 16 heteroatoms. The van der Waals surface area contributed by atoms with Crippen molar-refractivity contribution in [3.8, 4) is 23.0 Å². The fraction of sp³-hybridized carbons (Fsp3) is 0.286. The van der Waals surface area contributed by atoms with Crippen molar-refractivity contribution in [3.05, 3.63) is 93.0 Å². The molecule has 0 bridgehead atoms.